The fourth-order valence-corrected chi connectivity index (χ4v) is 2.44. The predicted molar refractivity (Wildman–Crippen MR) is 70.3 cm³/mol. The van der Waals surface area contributed by atoms with Crippen molar-refractivity contribution in [1.82, 2.24) is 0 Å². The molecule has 1 N–H and O–H groups in total. The number of aryl methyl sites for hydroxylation is 1. The number of carboxylic acid groups (broad SMARTS) is 1. The van der Waals surface area contributed by atoms with E-state index in [1.807, 2.05) is 13.0 Å². The van der Waals surface area contributed by atoms with Crippen molar-refractivity contribution in [2.45, 2.75) is 46.0 Å². The van der Waals surface area contributed by atoms with E-state index in [-0.39, 0.29) is 0 Å². The van der Waals surface area contributed by atoms with E-state index in [1.165, 1.54) is 24.2 Å². The van der Waals surface area contributed by atoms with Crippen molar-refractivity contribution in [3.05, 3.63) is 15.8 Å². The second-order valence-corrected chi connectivity index (χ2v) is 5.11. The van der Waals surface area contributed by atoms with Crippen LogP contribution in [0.3, 0.4) is 0 Å². The molecule has 0 saturated heterocycles. The maximum Gasteiger partial charge on any atom is 0.349 e. The summed E-state index contributed by atoms with van der Waals surface area (Å²) in [6.07, 6.45) is 5.38. The van der Waals surface area contributed by atoms with Crippen LogP contribution in [0.1, 0.15) is 54.1 Å². The zero-order valence-electron chi connectivity index (χ0n) is 10.5. The monoisotopic (exact) mass is 256 g/mol. The molecular weight excluding hydrogens is 236 g/mol. The molecule has 1 rings (SSSR count). The first kappa shape index (κ1) is 14.0. The average molecular weight is 256 g/mol. The number of carbonyl (C=O) groups is 1. The molecule has 1 aromatic heterocycles. The summed E-state index contributed by atoms with van der Waals surface area (Å²) in [7, 11) is 0. The Kier molecular flexibility index (Phi) is 6.05. The molecule has 0 atom stereocenters. The molecule has 0 amide bonds. The van der Waals surface area contributed by atoms with Gasteiger partial charge in [0, 0.05) is 4.88 Å². The van der Waals surface area contributed by atoms with E-state index < -0.39 is 5.97 Å². The summed E-state index contributed by atoms with van der Waals surface area (Å²) in [5.74, 6) is -0.353. The molecule has 17 heavy (non-hydrogen) atoms. The topological polar surface area (TPSA) is 46.5 Å². The first-order chi connectivity index (χ1) is 8.19. The van der Waals surface area contributed by atoms with Crippen molar-refractivity contribution in [3.63, 3.8) is 0 Å². The lowest BCUT2D eigenvalue weighted by atomic mass is 10.2. The molecule has 1 aromatic rings. The maximum absolute atomic E-state index is 11.0. The molecule has 0 aliphatic rings. The highest BCUT2D eigenvalue weighted by Gasteiger charge is 2.15. The summed E-state index contributed by atoms with van der Waals surface area (Å²) in [6.45, 7) is 4.79. The summed E-state index contributed by atoms with van der Waals surface area (Å²) in [4.78, 5) is 12.4. The SMILES string of the molecule is CCCCCCOc1cc(CC)sc1C(=O)O. The number of unbranched alkanes of at least 4 members (excludes halogenated alkanes) is 3. The minimum atomic E-state index is -0.891. The lowest BCUT2D eigenvalue weighted by Gasteiger charge is -2.04. The van der Waals surface area contributed by atoms with Crippen LogP contribution in [0, 0.1) is 0 Å². The van der Waals surface area contributed by atoms with Gasteiger partial charge in [-0.3, -0.25) is 0 Å². The highest BCUT2D eigenvalue weighted by atomic mass is 32.1. The van der Waals surface area contributed by atoms with Gasteiger partial charge < -0.3 is 9.84 Å². The summed E-state index contributed by atoms with van der Waals surface area (Å²) in [5.41, 5.74) is 0. The molecule has 0 fully saturated rings. The van der Waals surface area contributed by atoms with Crippen LogP contribution < -0.4 is 4.74 Å². The van der Waals surface area contributed by atoms with Gasteiger partial charge in [0.2, 0.25) is 0 Å². The van der Waals surface area contributed by atoms with Gasteiger partial charge in [-0.15, -0.1) is 11.3 Å². The molecule has 0 aliphatic heterocycles. The number of aromatic carboxylic acids is 1. The van der Waals surface area contributed by atoms with Gasteiger partial charge >= 0.3 is 5.97 Å². The molecule has 0 aliphatic carbocycles. The van der Waals surface area contributed by atoms with Gasteiger partial charge in [0.05, 0.1) is 6.61 Å². The normalized spacial score (nSPS) is 10.5. The summed E-state index contributed by atoms with van der Waals surface area (Å²) < 4.78 is 5.56. The molecule has 0 bridgehead atoms. The molecular formula is C13H20O3S. The third-order valence-corrected chi connectivity index (χ3v) is 3.80. The number of carboxylic acids is 1. The molecule has 1 heterocycles. The van der Waals surface area contributed by atoms with Crippen molar-refractivity contribution in [1.29, 1.82) is 0 Å². The van der Waals surface area contributed by atoms with E-state index in [1.54, 1.807) is 0 Å². The molecule has 0 unspecified atom stereocenters. The minimum Gasteiger partial charge on any atom is -0.492 e. The molecule has 0 saturated carbocycles. The number of rotatable bonds is 8. The van der Waals surface area contributed by atoms with Crippen molar-refractivity contribution < 1.29 is 14.6 Å². The fourth-order valence-electron chi connectivity index (χ4n) is 1.56. The van der Waals surface area contributed by atoms with Gasteiger partial charge in [0.25, 0.3) is 0 Å². The fraction of sp³-hybridized carbons (Fsp3) is 0.615. The second kappa shape index (κ2) is 7.33. The highest BCUT2D eigenvalue weighted by molar-refractivity contribution is 7.14. The molecule has 0 radical (unpaired) electrons. The van der Waals surface area contributed by atoms with E-state index >= 15 is 0 Å². The van der Waals surface area contributed by atoms with Gasteiger partial charge in [-0.1, -0.05) is 33.1 Å². The van der Waals surface area contributed by atoms with E-state index in [4.69, 9.17) is 9.84 Å². The van der Waals surface area contributed by atoms with Crippen LogP contribution in [-0.2, 0) is 6.42 Å². The maximum atomic E-state index is 11.0. The highest BCUT2D eigenvalue weighted by Crippen LogP contribution is 2.30. The van der Waals surface area contributed by atoms with Crippen molar-refractivity contribution in [2.75, 3.05) is 6.61 Å². The third kappa shape index (κ3) is 4.38. The van der Waals surface area contributed by atoms with Gasteiger partial charge in [-0.2, -0.15) is 0 Å². The quantitative estimate of drug-likeness (QED) is 0.716. The molecule has 0 spiro atoms. The molecule has 0 aromatic carbocycles. The van der Waals surface area contributed by atoms with Crippen molar-refractivity contribution in [2.24, 2.45) is 0 Å². The summed E-state index contributed by atoms with van der Waals surface area (Å²) in [5, 5.41) is 9.05. The van der Waals surface area contributed by atoms with Gasteiger partial charge in [-0.05, 0) is 18.9 Å². The zero-order chi connectivity index (χ0) is 12.7. The van der Waals surface area contributed by atoms with Gasteiger partial charge in [-0.25, -0.2) is 4.79 Å². The smallest absolute Gasteiger partial charge is 0.349 e. The first-order valence-corrected chi connectivity index (χ1v) is 6.99. The Balaban J connectivity index is 2.51. The van der Waals surface area contributed by atoms with Crippen LogP contribution in [0.5, 0.6) is 5.75 Å². The van der Waals surface area contributed by atoms with E-state index in [0.29, 0.717) is 17.2 Å². The minimum absolute atomic E-state index is 0.331. The van der Waals surface area contributed by atoms with Crippen LogP contribution in [0.25, 0.3) is 0 Å². The van der Waals surface area contributed by atoms with Crippen LogP contribution in [0.15, 0.2) is 6.07 Å². The van der Waals surface area contributed by atoms with E-state index in [0.717, 1.165) is 24.1 Å². The Morgan fingerprint density at radius 3 is 2.71 bits per heavy atom. The van der Waals surface area contributed by atoms with Crippen LogP contribution >= 0.6 is 11.3 Å². The number of hydrogen-bond acceptors (Lipinski definition) is 3. The Morgan fingerprint density at radius 2 is 2.12 bits per heavy atom. The average Bonchev–Trinajstić information content (AvgIpc) is 2.72. The van der Waals surface area contributed by atoms with E-state index in [2.05, 4.69) is 6.92 Å². The number of hydrogen-bond donors (Lipinski definition) is 1. The second-order valence-electron chi connectivity index (χ2n) is 3.97. The first-order valence-electron chi connectivity index (χ1n) is 6.17. The molecule has 96 valence electrons. The van der Waals surface area contributed by atoms with Gasteiger partial charge in [0.15, 0.2) is 4.88 Å². The Bertz CT molecular complexity index is 358. The number of thiophene rings is 1. The van der Waals surface area contributed by atoms with Crippen LogP contribution in [0.2, 0.25) is 0 Å². The van der Waals surface area contributed by atoms with Crippen molar-refractivity contribution in [3.8, 4) is 5.75 Å². The summed E-state index contributed by atoms with van der Waals surface area (Å²) >= 11 is 1.31. The molecule has 4 heteroatoms. The lowest BCUT2D eigenvalue weighted by molar-refractivity contribution is 0.0698. The standard InChI is InChI=1S/C13H20O3S/c1-3-5-6-7-8-16-11-9-10(4-2)17-12(11)13(14)15/h9H,3-8H2,1-2H3,(H,14,15). The van der Waals surface area contributed by atoms with Gasteiger partial charge in [0.1, 0.15) is 5.75 Å². The van der Waals surface area contributed by atoms with Crippen LogP contribution in [-0.4, -0.2) is 17.7 Å². The Morgan fingerprint density at radius 1 is 1.35 bits per heavy atom. The van der Waals surface area contributed by atoms with E-state index in [9.17, 15) is 4.79 Å². The Labute approximate surface area is 106 Å². The van der Waals surface area contributed by atoms with Crippen molar-refractivity contribution >= 4 is 17.3 Å². The largest absolute Gasteiger partial charge is 0.492 e. The van der Waals surface area contributed by atoms with Crippen LogP contribution in [0.4, 0.5) is 0 Å². The Hall–Kier alpha value is -1.03. The third-order valence-electron chi connectivity index (χ3n) is 2.55. The predicted octanol–water partition coefficient (Wildman–Crippen LogP) is 3.97. The summed E-state index contributed by atoms with van der Waals surface area (Å²) in [6, 6.07) is 1.86. The lowest BCUT2D eigenvalue weighted by Crippen LogP contribution is -2.01. The number of ether oxygens (including phenoxy) is 1. The molecule has 3 nitrogen and oxygen atoms in total. The zero-order valence-corrected chi connectivity index (χ0v) is 11.3.